The first-order chi connectivity index (χ1) is 12.4. The molecule has 0 fully saturated rings. The summed E-state index contributed by atoms with van der Waals surface area (Å²) < 4.78 is 10.3. The number of ether oxygens (including phenoxy) is 2. The zero-order valence-corrected chi connectivity index (χ0v) is 15.8. The number of urea groups is 1. The second-order valence-electron chi connectivity index (χ2n) is 5.80. The number of aromatic hydroxyl groups is 1. The summed E-state index contributed by atoms with van der Waals surface area (Å²) in [5.74, 6) is -0.551. The molecule has 1 unspecified atom stereocenters. The summed E-state index contributed by atoms with van der Waals surface area (Å²) in [7, 11) is 1.29. The number of nitrogens with one attached hydrogen (secondary N) is 2. The summed E-state index contributed by atoms with van der Waals surface area (Å²) >= 11 is 6.10. The maximum atomic E-state index is 12.4. The van der Waals surface area contributed by atoms with Gasteiger partial charge in [-0.2, -0.15) is 0 Å². The number of carbonyl (C=O) groups is 2. The molecule has 0 saturated heterocycles. The number of hydrogen-bond donors (Lipinski definition) is 3. The number of halogens is 1. The van der Waals surface area contributed by atoms with E-state index >= 15 is 0 Å². The topological polar surface area (TPSA) is 96.9 Å². The molecule has 0 saturated carbocycles. The minimum Gasteiger partial charge on any atom is -0.503 e. The highest BCUT2D eigenvalue weighted by molar-refractivity contribution is 6.32. The van der Waals surface area contributed by atoms with E-state index < -0.39 is 18.0 Å². The van der Waals surface area contributed by atoms with Gasteiger partial charge in [-0.05, 0) is 37.5 Å². The largest absolute Gasteiger partial charge is 0.503 e. The Hall–Kier alpha value is -2.41. The average molecular weight is 383 g/mol. The highest BCUT2D eigenvalue weighted by Crippen LogP contribution is 2.39. The van der Waals surface area contributed by atoms with Gasteiger partial charge in [-0.25, -0.2) is 9.59 Å². The highest BCUT2D eigenvalue weighted by Gasteiger charge is 2.34. The Balaban J connectivity index is 2.57. The van der Waals surface area contributed by atoms with Gasteiger partial charge in [-0.15, -0.1) is 0 Å². The van der Waals surface area contributed by atoms with Gasteiger partial charge in [0.05, 0.1) is 30.4 Å². The predicted molar refractivity (Wildman–Crippen MR) is 97.3 cm³/mol. The molecule has 142 valence electrons. The monoisotopic (exact) mass is 382 g/mol. The van der Waals surface area contributed by atoms with Gasteiger partial charge in [-0.3, -0.25) is 0 Å². The fourth-order valence-corrected chi connectivity index (χ4v) is 3.01. The number of esters is 1. The van der Waals surface area contributed by atoms with Crippen LogP contribution in [-0.2, 0) is 9.53 Å². The number of amides is 2. The summed E-state index contributed by atoms with van der Waals surface area (Å²) in [4.78, 5) is 24.5. The Labute approximate surface area is 157 Å². The van der Waals surface area contributed by atoms with Crippen molar-refractivity contribution < 1.29 is 24.2 Å². The molecule has 7 nitrogen and oxygen atoms in total. The van der Waals surface area contributed by atoms with Crippen LogP contribution in [0.5, 0.6) is 11.5 Å². The SMILES string of the molecule is CCCCC1=C(C(=O)OC)C(c2cc(Cl)c(O)c(OCC)c2)NC(=O)N1. The minimum atomic E-state index is -0.764. The van der Waals surface area contributed by atoms with E-state index in [9.17, 15) is 14.7 Å². The van der Waals surface area contributed by atoms with Crippen molar-refractivity contribution >= 4 is 23.6 Å². The van der Waals surface area contributed by atoms with Gasteiger partial charge < -0.3 is 25.2 Å². The number of benzene rings is 1. The standard InChI is InChI=1S/C18H23ClN2O5/c1-4-6-7-12-14(17(23)25-3)15(21-18(24)20-12)10-8-11(19)16(22)13(9-10)26-5-2/h8-9,15,22H,4-7H2,1-3H3,(H2,20,21,24). The number of phenols is 1. The van der Waals surface area contributed by atoms with E-state index in [1.807, 2.05) is 6.92 Å². The molecule has 0 radical (unpaired) electrons. The van der Waals surface area contributed by atoms with Crippen LogP contribution in [0.25, 0.3) is 0 Å². The Morgan fingerprint density at radius 2 is 2.08 bits per heavy atom. The van der Waals surface area contributed by atoms with Crippen LogP contribution < -0.4 is 15.4 Å². The van der Waals surface area contributed by atoms with Gasteiger partial charge in [-0.1, -0.05) is 24.9 Å². The number of unbranched alkanes of at least 4 members (excludes halogenated alkanes) is 1. The number of rotatable bonds is 7. The molecule has 0 spiro atoms. The van der Waals surface area contributed by atoms with Crippen LogP contribution in [0.15, 0.2) is 23.4 Å². The van der Waals surface area contributed by atoms with Crippen LogP contribution in [0.1, 0.15) is 44.7 Å². The zero-order valence-electron chi connectivity index (χ0n) is 15.0. The van der Waals surface area contributed by atoms with Crippen LogP contribution in [0.3, 0.4) is 0 Å². The van der Waals surface area contributed by atoms with Crippen LogP contribution in [-0.4, -0.2) is 30.8 Å². The summed E-state index contributed by atoms with van der Waals surface area (Å²) in [6.07, 6.45) is 2.25. The van der Waals surface area contributed by atoms with Gasteiger partial charge in [0, 0.05) is 5.70 Å². The number of carbonyl (C=O) groups excluding carboxylic acids is 2. The van der Waals surface area contributed by atoms with Crippen molar-refractivity contribution in [1.82, 2.24) is 10.6 Å². The number of phenolic OH excluding ortho intramolecular Hbond substituents is 1. The lowest BCUT2D eigenvalue weighted by molar-refractivity contribution is -0.136. The van der Waals surface area contributed by atoms with Gasteiger partial charge in [0.2, 0.25) is 0 Å². The van der Waals surface area contributed by atoms with Crippen LogP contribution in [0.4, 0.5) is 4.79 Å². The third-order valence-electron chi connectivity index (χ3n) is 4.02. The van der Waals surface area contributed by atoms with Crippen molar-refractivity contribution in [3.8, 4) is 11.5 Å². The van der Waals surface area contributed by atoms with Gasteiger partial charge >= 0.3 is 12.0 Å². The quantitative estimate of drug-likeness (QED) is 0.628. The van der Waals surface area contributed by atoms with E-state index in [1.165, 1.54) is 13.2 Å². The third-order valence-corrected chi connectivity index (χ3v) is 4.31. The fraction of sp³-hybridized carbons (Fsp3) is 0.444. The van der Waals surface area contributed by atoms with Crippen molar-refractivity contribution in [1.29, 1.82) is 0 Å². The Bertz CT molecular complexity index is 733. The number of allylic oxidation sites excluding steroid dienone is 1. The van der Waals surface area contributed by atoms with E-state index in [1.54, 1.807) is 13.0 Å². The summed E-state index contributed by atoms with van der Waals surface area (Å²) in [6.45, 7) is 4.12. The molecule has 1 aromatic carbocycles. The molecule has 2 amide bonds. The molecule has 2 rings (SSSR count). The lowest BCUT2D eigenvalue weighted by Gasteiger charge is -2.29. The maximum Gasteiger partial charge on any atom is 0.337 e. The summed E-state index contributed by atoms with van der Waals surface area (Å²) in [5.41, 5.74) is 1.35. The smallest absolute Gasteiger partial charge is 0.337 e. The second kappa shape index (κ2) is 8.80. The van der Waals surface area contributed by atoms with E-state index in [4.69, 9.17) is 21.1 Å². The molecule has 0 bridgehead atoms. The number of methoxy groups -OCH3 is 1. The molecular weight excluding hydrogens is 360 g/mol. The highest BCUT2D eigenvalue weighted by atomic mass is 35.5. The first kappa shape index (κ1) is 19.9. The normalized spacial score (nSPS) is 16.8. The second-order valence-corrected chi connectivity index (χ2v) is 6.21. The Morgan fingerprint density at radius 3 is 2.69 bits per heavy atom. The lowest BCUT2D eigenvalue weighted by atomic mass is 9.93. The molecule has 1 atom stereocenters. The summed E-state index contributed by atoms with van der Waals surface area (Å²) in [5, 5.41) is 15.5. The molecule has 8 heteroatoms. The first-order valence-corrected chi connectivity index (χ1v) is 8.84. The van der Waals surface area contributed by atoms with Gasteiger partial charge in [0.15, 0.2) is 11.5 Å². The van der Waals surface area contributed by atoms with E-state index in [0.717, 1.165) is 12.8 Å². The first-order valence-electron chi connectivity index (χ1n) is 8.46. The van der Waals surface area contributed by atoms with E-state index in [-0.39, 0.29) is 16.5 Å². The maximum absolute atomic E-state index is 12.4. The average Bonchev–Trinajstić information content (AvgIpc) is 2.62. The molecule has 3 N–H and O–H groups in total. The molecule has 1 aromatic rings. The molecule has 26 heavy (non-hydrogen) atoms. The lowest BCUT2D eigenvalue weighted by Crippen LogP contribution is -2.45. The number of hydrogen-bond acceptors (Lipinski definition) is 5. The van der Waals surface area contributed by atoms with Crippen LogP contribution in [0, 0.1) is 0 Å². The Kier molecular flexibility index (Phi) is 6.74. The van der Waals surface area contributed by atoms with E-state index in [2.05, 4.69) is 10.6 Å². The third kappa shape index (κ3) is 4.22. The zero-order chi connectivity index (χ0) is 19.3. The van der Waals surface area contributed by atoms with Crippen LogP contribution >= 0.6 is 11.6 Å². The molecule has 1 aliphatic rings. The van der Waals surface area contributed by atoms with Crippen LogP contribution in [0.2, 0.25) is 5.02 Å². The van der Waals surface area contributed by atoms with E-state index in [0.29, 0.717) is 29.9 Å². The van der Waals surface area contributed by atoms with Crippen molar-refractivity contribution in [2.75, 3.05) is 13.7 Å². The van der Waals surface area contributed by atoms with Crippen molar-refractivity contribution in [2.45, 2.75) is 39.2 Å². The molecule has 0 aromatic heterocycles. The van der Waals surface area contributed by atoms with Crippen molar-refractivity contribution in [2.24, 2.45) is 0 Å². The molecule has 1 heterocycles. The predicted octanol–water partition coefficient (Wildman–Crippen LogP) is 3.42. The van der Waals surface area contributed by atoms with Gasteiger partial charge in [0.25, 0.3) is 0 Å². The molecule has 0 aliphatic carbocycles. The summed E-state index contributed by atoms with van der Waals surface area (Å²) in [6, 6.07) is 1.87. The minimum absolute atomic E-state index is 0.0676. The van der Waals surface area contributed by atoms with Crippen molar-refractivity contribution in [3.63, 3.8) is 0 Å². The fourth-order valence-electron chi connectivity index (χ4n) is 2.80. The molecular formula is C18H23ClN2O5. The molecule has 1 aliphatic heterocycles. The van der Waals surface area contributed by atoms with Crippen molar-refractivity contribution in [3.05, 3.63) is 34.0 Å². The Morgan fingerprint density at radius 1 is 1.35 bits per heavy atom. The van der Waals surface area contributed by atoms with Gasteiger partial charge in [0.1, 0.15) is 0 Å².